The summed E-state index contributed by atoms with van der Waals surface area (Å²) in [4.78, 5) is 12.1. The van der Waals surface area contributed by atoms with Gasteiger partial charge >= 0.3 is 0 Å². The van der Waals surface area contributed by atoms with E-state index in [1.165, 1.54) is 25.3 Å². The van der Waals surface area contributed by atoms with Crippen LogP contribution in [0.4, 0.5) is 10.1 Å². The minimum atomic E-state index is -0.520. The van der Waals surface area contributed by atoms with Crippen LogP contribution in [-0.4, -0.2) is 23.2 Å². The van der Waals surface area contributed by atoms with Crippen molar-refractivity contribution < 1.29 is 13.9 Å². The lowest BCUT2D eigenvalue weighted by Gasteiger charge is -2.08. The number of carbonyl (C=O) groups excluding carboxylic acids is 1. The van der Waals surface area contributed by atoms with E-state index in [9.17, 15) is 9.18 Å². The standard InChI is InChI=1S/C13H14FN3O2/c1-7-12(8(2)17-16-7)13(18)15-11-6-9(19-3)4-5-10(11)14/h4-6H,1-3H3,(H,15,18)(H,16,17). The number of methoxy groups -OCH3 is 1. The Morgan fingerprint density at radius 2 is 2.16 bits per heavy atom. The van der Waals surface area contributed by atoms with Gasteiger partial charge in [-0.2, -0.15) is 5.10 Å². The lowest BCUT2D eigenvalue weighted by Crippen LogP contribution is -2.14. The normalized spacial score (nSPS) is 10.3. The van der Waals surface area contributed by atoms with Crippen LogP contribution in [0.5, 0.6) is 5.75 Å². The van der Waals surface area contributed by atoms with Crippen molar-refractivity contribution in [2.75, 3.05) is 12.4 Å². The van der Waals surface area contributed by atoms with Crippen LogP contribution in [-0.2, 0) is 0 Å². The number of rotatable bonds is 3. The van der Waals surface area contributed by atoms with Crippen molar-refractivity contribution in [2.24, 2.45) is 0 Å². The summed E-state index contributed by atoms with van der Waals surface area (Å²) in [5.74, 6) is -0.457. The van der Waals surface area contributed by atoms with E-state index >= 15 is 0 Å². The third kappa shape index (κ3) is 2.57. The molecule has 0 aliphatic carbocycles. The van der Waals surface area contributed by atoms with Crippen molar-refractivity contribution in [1.82, 2.24) is 10.2 Å². The first-order valence-corrected chi connectivity index (χ1v) is 5.69. The molecule has 5 nitrogen and oxygen atoms in total. The molecule has 2 N–H and O–H groups in total. The largest absolute Gasteiger partial charge is 0.497 e. The highest BCUT2D eigenvalue weighted by Crippen LogP contribution is 2.22. The fraction of sp³-hybridized carbons (Fsp3) is 0.231. The van der Waals surface area contributed by atoms with Gasteiger partial charge in [-0.15, -0.1) is 0 Å². The van der Waals surface area contributed by atoms with Gasteiger partial charge in [-0.1, -0.05) is 0 Å². The van der Waals surface area contributed by atoms with E-state index in [0.717, 1.165) is 0 Å². The molecule has 0 unspecified atom stereocenters. The number of amides is 1. The van der Waals surface area contributed by atoms with Crippen LogP contribution in [0.1, 0.15) is 21.7 Å². The number of carbonyl (C=O) groups is 1. The third-order valence-electron chi connectivity index (χ3n) is 2.78. The second kappa shape index (κ2) is 5.09. The number of anilines is 1. The average molecular weight is 263 g/mol. The molecule has 6 heteroatoms. The quantitative estimate of drug-likeness (QED) is 0.893. The van der Waals surface area contributed by atoms with Gasteiger partial charge in [0, 0.05) is 11.8 Å². The van der Waals surface area contributed by atoms with Crippen LogP contribution in [0.15, 0.2) is 18.2 Å². The lowest BCUT2D eigenvalue weighted by molar-refractivity contribution is 0.102. The molecule has 19 heavy (non-hydrogen) atoms. The highest BCUT2D eigenvalue weighted by Gasteiger charge is 2.17. The molecule has 0 aliphatic rings. The van der Waals surface area contributed by atoms with Crippen molar-refractivity contribution in [3.63, 3.8) is 0 Å². The molecule has 0 bridgehead atoms. The summed E-state index contributed by atoms with van der Waals surface area (Å²) >= 11 is 0. The second-order valence-electron chi connectivity index (χ2n) is 4.11. The average Bonchev–Trinajstić information content (AvgIpc) is 2.71. The maximum atomic E-state index is 13.6. The Bertz CT molecular complexity index is 603. The molecule has 1 amide bonds. The Kier molecular flexibility index (Phi) is 3.50. The molecular formula is C13H14FN3O2. The number of aromatic nitrogens is 2. The lowest BCUT2D eigenvalue weighted by atomic mass is 10.2. The molecule has 1 aromatic carbocycles. The van der Waals surface area contributed by atoms with Crippen molar-refractivity contribution in [1.29, 1.82) is 0 Å². The number of ether oxygens (including phenoxy) is 1. The first-order valence-electron chi connectivity index (χ1n) is 5.69. The summed E-state index contributed by atoms with van der Waals surface area (Å²) in [5, 5.41) is 9.16. The zero-order chi connectivity index (χ0) is 14.0. The molecule has 0 fully saturated rings. The summed E-state index contributed by atoms with van der Waals surface area (Å²) in [6.07, 6.45) is 0. The fourth-order valence-electron chi connectivity index (χ4n) is 1.80. The molecule has 1 heterocycles. The van der Waals surface area contributed by atoms with Crippen LogP contribution in [0.3, 0.4) is 0 Å². The highest BCUT2D eigenvalue weighted by atomic mass is 19.1. The minimum absolute atomic E-state index is 0.0735. The van der Waals surface area contributed by atoms with Crippen LogP contribution in [0.2, 0.25) is 0 Å². The fourth-order valence-corrected chi connectivity index (χ4v) is 1.80. The van der Waals surface area contributed by atoms with Gasteiger partial charge < -0.3 is 10.1 Å². The van der Waals surface area contributed by atoms with Gasteiger partial charge in [0.1, 0.15) is 11.6 Å². The van der Waals surface area contributed by atoms with E-state index < -0.39 is 11.7 Å². The van der Waals surface area contributed by atoms with Gasteiger partial charge in [0.15, 0.2) is 0 Å². The smallest absolute Gasteiger partial charge is 0.259 e. The van der Waals surface area contributed by atoms with Crippen LogP contribution < -0.4 is 10.1 Å². The molecule has 0 spiro atoms. The Hall–Kier alpha value is -2.37. The Morgan fingerprint density at radius 3 is 2.74 bits per heavy atom. The number of H-pyrrole nitrogens is 1. The zero-order valence-corrected chi connectivity index (χ0v) is 10.9. The molecule has 100 valence electrons. The van der Waals surface area contributed by atoms with E-state index in [0.29, 0.717) is 22.7 Å². The summed E-state index contributed by atoms with van der Waals surface area (Å²) in [5.41, 5.74) is 1.70. The van der Waals surface area contributed by atoms with E-state index in [2.05, 4.69) is 15.5 Å². The van der Waals surface area contributed by atoms with E-state index in [-0.39, 0.29) is 5.69 Å². The topological polar surface area (TPSA) is 67.0 Å². The Morgan fingerprint density at radius 1 is 1.42 bits per heavy atom. The monoisotopic (exact) mass is 263 g/mol. The summed E-state index contributed by atoms with van der Waals surface area (Å²) in [6.45, 7) is 3.44. The number of nitrogens with one attached hydrogen (secondary N) is 2. The van der Waals surface area contributed by atoms with Gasteiger partial charge in [-0.25, -0.2) is 4.39 Å². The minimum Gasteiger partial charge on any atom is -0.497 e. The zero-order valence-electron chi connectivity index (χ0n) is 10.9. The highest BCUT2D eigenvalue weighted by molar-refractivity contribution is 6.05. The molecule has 0 aliphatic heterocycles. The maximum Gasteiger partial charge on any atom is 0.259 e. The molecule has 2 rings (SSSR count). The summed E-state index contributed by atoms with van der Waals surface area (Å²) in [6, 6.07) is 4.15. The number of nitrogens with zero attached hydrogens (tertiary/aromatic N) is 1. The van der Waals surface area contributed by atoms with E-state index in [4.69, 9.17) is 4.74 Å². The van der Waals surface area contributed by atoms with Crippen LogP contribution >= 0.6 is 0 Å². The van der Waals surface area contributed by atoms with Gasteiger partial charge in [-0.05, 0) is 26.0 Å². The molecule has 0 saturated carbocycles. The van der Waals surface area contributed by atoms with Gasteiger partial charge in [-0.3, -0.25) is 9.89 Å². The van der Waals surface area contributed by atoms with Crippen molar-refractivity contribution in [2.45, 2.75) is 13.8 Å². The predicted molar refractivity (Wildman–Crippen MR) is 69.0 cm³/mol. The third-order valence-corrected chi connectivity index (χ3v) is 2.78. The number of benzene rings is 1. The van der Waals surface area contributed by atoms with Crippen LogP contribution in [0, 0.1) is 19.7 Å². The molecule has 2 aromatic rings. The summed E-state index contributed by atoms with van der Waals surface area (Å²) < 4.78 is 18.6. The van der Waals surface area contributed by atoms with Crippen LogP contribution in [0.25, 0.3) is 0 Å². The van der Waals surface area contributed by atoms with Gasteiger partial charge in [0.25, 0.3) is 5.91 Å². The van der Waals surface area contributed by atoms with Crippen molar-refractivity contribution >= 4 is 11.6 Å². The number of aromatic amines is 1. The maximum absolute atomic E-state index is 13.6. The first-order chi connectivity index (χ1) is 9.02. The number of aryl methyl sites for hydroxylation is 2. The second-order valence-corrected chi connectivity index (χ2v) is 4.11. The summed E-state index contributed by atoms with van der Waals surface area (Å²) in [7, 11) is 1.48. The number of hydrogen-bond donors (Lipinski definition) is 2. The molecule has 0 saturated heterocycles. The molecule has 1 aromatic heterocycles. The SMILES string of the molecule is COc1ccc(F)c(NC(=O)c2c(C)n[nH]c2C)c1. The van der Waals surface area contributed by atoms with Crippen molar-refractivity contribution in [3.8, 4) is 5.75 Å². The van der Waals surface area contributed by atoms with Gasteiger partial charge in [0.2, 0.25) is 0 Å². The van der Waals surface area contributed by atoms with Crippen molar-refractivity contribution in [3.05, 3.63) is 41.0 Å². The Balaban J connectivity index is 2.29. The first kappa shape index (κ1) is 13.1. The predicted octanol–water partition coefficient (Wildman–Crippen LogP) is 2.43. The number of halogens is 1. The molecular weight excluding hydrogens is 249 g/mol. The Labute approximate surface area is 109 Å². The van der Waals surface area contributed by atoms with E-state index in [1.807, 2.05) is 0 Å². The van der Waals surface area contributed by atoms with Gasteiger partial charge in [0.05, 0.1) is 24.1 Å². The molecule has 0 radical (unpaired) electrons. The van der Waals surface area contributed by atoms with E-state index in [1.54, 1.807) is 13.8 Å². The molecule has 0 atom stereocenters. The number of hydrogen-bond acceptors (Lipinski definition) is 3.